The van der Waals surface area contributed by atoms with E-state index in [-0.39, 0.29) is 17.6 Å². The highest BCUT2D eigenvalue weighted by Crippen LogP contribution is 2.19. The number of hydrogen-bond donors (Lipinski definition) is 2. The van der Waals surface area contributed by atoms with Crippen LogP contribution in [0.15, 0.2) is 102 Å². The van der Waals surface area contributed by atoms with Crippen molar-refractivity contribution in [3.05, 3.63) is 109 Å². The van der Waals surface area contributed by atoms with Crippen molar-refractivity contribution in [1.82, 2.24) is 0 Å². The highest BCUT2D eigenvalue weighted by atomic mass is 16.5. The van der Waals surface area contributed by atoms with Crippen LogP contribution in [0.2, 0.25) is 0 Å². The Labute approximate surface area is 191 Å². The monoisotopic (exact) mass is 442 g/mol. The van der Waals surface area contributed by atoms with E-state index in [2.05, 4.69) is 10.6 Å². The van der Waals surface area contributed by atoms with Gasteiger partial charge in [-0.15, -0.1) is 0 Å². The topological polar surface area (TPSA) is 89.8 Å². The van der Waals surface area contributed by atoms with Gasteiger partial charge in [0.15, 0.2) is 5.76 Å². The third-order valence-corrected chi connectivity index (χ3v) is 4.58. The average Bonchev–Trinajstić information content (AvgIpc) is 3.38. The molecule has 0 saturated carbocycles. The second-order valence-corrected chi connectivity index (χ2v) is 7.00. The molecule has 1 aromatic heterocycles. The second kappa shape index (κ2) is 10.7. The van der Waals surface area contributed by atoms with Crippen LogP contribution in [0, 0.1) is 0 Å². The second-order valence-electron chi connectivity index (χ2n) is 7.00. The van der Waals surface area contributed by atoms with Crippen molar-refractivity contribution in [2.45, 2.75) is 0 Å². The Bertz CT molecular complexity index is 1210. The van der Waals surface area contributed by atoms with Crippen molar-refractivity contribution in [3.63, 3.8) is 0 Å². The van der Waals surface area contributed by atoms with Crippen LogP contribution in [-0.4, -0.2) is 25.0 Å². The summed E-state index contributed by atoms with van der Waals surface area (Å²) in [4.78, 5) is 24.8. The Morgan fingerprint density at radius 2 is 1.33 bits per heavy atom. The molecule has 0 aliphatic carbocycles. The normalized spacial score (nSPS) is 10.3. The number of para-hydroxylation sites is 1. The van der Waals surface area contributed by atoms with E-state index in [0.29, 0.717) is 35.9 Å². The summed E-state index contributed by atoms with van der Waals surface area (Å²) in [6.45, 7) is 0.730. The molecule has 0 aliphatic rings. The van der Waals surface area contributed by atoms with Crippen molar-refractivity contribution in [3.8, 4) is 11.5 Å². The number of carbonyl (C=O) groups is 2. The molecule has 0 aliphatic heterocycles. The number of anilines is 2. The molecule has 33 heavy (non-hydrogen) atoms. The number of furan rings is 1. The van der Waals surface area contributed by atoms with Gasteiger partial charge in [-0.3, -0.25) is 9.59 Å². The average molecular weight is 442 g/mol. The van der Waals surface area contributed by atoms with E-state index in [0.717, 1.165) is 5.75 Å². The van der Waals surface area contributed by atoms with E-state index in [9.17, 15) is 9.59 Å². The molecular formula is C26H22N2O5. The standard InChI is InChI=1S/C26H22N2O5/c29-25(27-20-8-5-9-21(18-20)28-26(30)24-13-6-14-33-24)19-7-4-12-23(17-19)32-16-15-31-22-10-2-1-3-11-22/h1-14,17-18H,15-16H2,(H,27,29)(H,28,30). The molecular weight excluding hydrogens is 420 g/mol. The third kappa shape index (κ3) is 6.24. The number of rotatable bonds is 9. The lowest BCUT2D eigenvalue weighted by molar-refractivity contribution is 0.0995. The van der Waals surface area contributed by atoms with Crippen molar-refractivity contribution in [2.24, 2.45) is 0 Å². The maximum absolute atomic E-state index is 12.7. The molecule has 3 aromatic carbocycles. The van der Waals surface area contributed by atoms with Crippen molar-refractivity contribution in [2.75, 3.05) is 23.8 Å². The molecule has 0 radical (unpaired) electrons. The zero-order valence-electron chi connectivity index (χ0n) is 17.7. The number of carbonyl (C=O) groups excluding carboxylic acids is 2. The number of amides is 2. The minimum absolute atomic E-state index is 0.204. The van der Waals surface area contributed by atoms with Crippen LogP contribution in [0.25, 0.3) is 0 Å². The Kier molecular flexibility index (Phi) is 7.02. The minimum Gasteiger partial charge on any atom is -0.490 e. The molecule has 4 rings (SSSR count). The van der Waals surface area contributed by atoms with Gasteiger partial charge in [-0.1, -0.05) is 30.3 Å². The fraction of sp³-hybridized carbons (Fsp3) is 0.0769. The summed E-state index contributed by atoms with van der Waals surface area (Å²) in [7, 11) is 0. The predicted octanol–water partition coefficient (Wildman–Crippen LogP) is 5.24. The van der Waals surface area contributed by atoms with Crippen LogP contribution in [-0.2, 0) is 0 Å². The summed E-state index contributed by atoms with van der Waals surface area (Å²) in [6, 6.07) is 26.5. The molecule has 0 atom stereocenters. The van der Waals surface area contributed by atoms with E-state index in [1.807, 2.05) is 30.3 Å². The van der Waals surface area contributed by atoms with Gasteiger partial charge in [0.1, 0.15) is 24.7 Å². The molecule has 7 nitrogen and oxygen atoms in total. The Hall–Kier alpha value is -4.52. The van der Waals surface area contributed by atoms with Gasteiger partial charge in [-0.25, -0.2) is 0 Å². The number of benzene rings is 3. The highest BCUT2D eigenvalue weighted by Gasteiger charge is 2.11. The van der Waals surface area contributed by atoms with E-state index < -0.39 is 0 Å². The first-order valence-electron chi connectivity index (χ1n) is 10.3. The van der Waals surface area contributed by atoms with Crippen molar-refractivity contribution < 1.29 is 23.5 Å². The third-order valence-electron chi connectivity index (χ3n) is 4.58. The smallest absolute Gasteiger partial charge is 0.291 e. The fourth-order valence-corrected chi connectivity index (χ4v) is 3.04. The predicted molar refractivity (Wildman–Crippen MR) is 125 cm³/mol. The van der Waals surface area contributed by atoms with Crippen LogP contribution in [0.1, 0.15) is 20.9 Å². The molecule has 166 valence electrons. The molecule has 0 unspecified atom stereocenters. The lowest BCUT2D eigenvalue weighted by Crippen LogP contribution is -2.14. The summed E-state index contributed by atoms with van der Waals surface area (Å²) in [5, 5.41) is 5.56. The molecule has 7 heteroatoms. The molecule has 0 fully saturated rings. The van der Waals surface area contributed by atoms with E-state index >= 15 is 0 Å². The van der Waals surface area contributed by atoms with Crippen LogP contribution < -0.4 is 20.1 Å². The quantitative estimate of drug-likeness (QED) is 0.346. The molecule has 4 aromatic rings. The molecule has 0 bridgehead atoms. The number of ether oxygens (including phenoxy) is 2. The van der Waals surface area contributed by atoms with Gasteiger partial charge < -0.3 is 24.5 Å². The zero-order valence-corrected chi connectivity index (χ0v) is 17.7. The Balaban J connectivity index is 1.31. The Morgan fingerprint density at radius 1 is 0.667 bits per heavy atom. The van der Waals surface area contributed by atoms with Gasteiger partial charge in [0.05, 0.1) is 6.26 Å². The molecule has 0 spiro atoms. The first-order valence-corrected chi connectivity index (χ1v) is 10.3. The van der Waals surface area contributed by atoms with Crippen LogP contribution in [0.5, 0.6) is 11.5 Å². The van der Waals surface area contributed by atoms with Gasteiger partial charge in [0, 0.05) is 16.9 Å². The summed E-state index contributed by atoms with van der Waals surface area (Å²) in [6.07, 6.45) is 1.43. The van der Waals surface area contributed by atoms with E-state index in [1.165, 1.54) is 6.26 Å². The number of nitrogens with one attached hydrogen (secondary N) is 2. The van der Waals surface area contributed by atoms with Crippen molar-refractivity contribution >= 4 is 23.2 Å². The minimum atomic E-state index is -0.371. The van der Waals surface area contributed by atoms with Crippen LogP contribution in [0.4, 0.5) is 11.4 Å². The maximum atomic E-state index is 12.7. The first kappa shape index (κ1) is 21.7. The zero-order chi connectivity index (χ0) is 22.9. The van der Waals surface area contributed by atoms with Gasteiger partial charge in [-0.05, 0) is 60.7 Å². The van der Waals surface area contributed by atoms with Gasteiger partial charge >= 0.3 is 0 Å². The van der Waals surface area contributed by atoms with E-state index in [1.54, 1.807) is 60.7 Å². The first-order chi connectivity index (χ1) is 16.2. The van der Waals surface area contributed by atoms with Gasteiger partial charge in [-0.2, -0.15) is 0 Å². The molecule has 2 amide bonds. The Morgan fingerprint density at radius 3 is 2.06 bits per heavy atom. The van der Waals surface area contributed by atoms with Crippen LogP contribution >= 0.6 is 0 Å². The lowest BCUT2D eigenvalue weighted by Gasteiger charge is -2.11. The number of hydrogen-bond acceptors (Lipinski definition) is 5. The maximum Gasteiger partial charge on any atom is 0.291 e. The molecule has 1 heterocycles. The molecule has 2 N–H and O–H groups in total. The summed E-state index contributed by atoms with van der Waals surface area (Å²) >= 11 is 0. The molecule has 0 saturated heterocycles. The highest BCUT2D eigenvalue weighted by molar-refractivity contribution is 6.05. The summed E-state index contributed by atoms with van der Waals surface area (Å²) in [5.74, 6) is 0.881. The largest absolute Gasteiger partial charge is 0.490 e. The SMILES string of the molecule is O=C(Nc1cccc(NC(=O)c2ccco2)c1)c1cccc(OCCOc2ccccc2)c1. The lowest BCUT2D eigenvalue weighted by atomic mass is 10.2. The fourth-order valence-electron chi connectivity index (χ4n) is 3.04. The van der Waals surface area contributed by atoms with Crippen LogP contribution in [0.3, 0.4) is 0 Å². The summed E-state index contributed by atoms with van der Waals surface area (Å²) < 4.78 is 16.4. The summed E-state index contributed by atoms with van der Waals surface area (Å²) in [5.41, 5.74) is 1.52. The van der Waals surface area contributed by atoms with Gasteiger partial charge in [0.2, 0.25) is 0 Å². The van der Waals surface area contributed by atoms with Crippen molar-refractivity contribution in [1.29, 1.82) is 0 Å². The van der Waals surface area contributed by atoms with E-state index in [4.69, 9.17) is 13.9 Å². The van der Waals surface area contributed by atoms with Gasteiger partial charge in [0.25, 0.3) is 11.8 Å².